The number of thioether (sulfide) groups is 1. The van der Waals surface area contributed by atoms with E-state index in [4.69, 9.17) is 4.74 Å². The quantitative estimate of drug-likeness (QED) is 0.654. The van der Waals surface area contributed by atoms with Crippen LogP contribution in [0.25, 0.3) is 0 Å². The van der Waals surface area contributed by atoms with E-state index in [9.17, 15) is 14.3 Å². The van der Waals surface area contributed by atoms with E-state index in [1.165, 1.54) is 29.5 Å². The lowest BCUT2D eigenvalue weighted by molar-refractivity contribution is 0.386. The van der Waals surface area contributed by atoms with E-state index in [0.29, 0.717) is 17.5 Å². The normalized spacial score (nSPS) is 10.7. The monoisotopic (exact) mass is 324 g/mol. The molecule has 1 heterocycles. The van der Waals surface area contributed by atoms with E-state index >= 15 is 0 Å². The topological polar surface area (TPSA) is 64.3 Å². The Balaban J connectivity index is 2.21. The molecule has 0 saturated carbocycles. The van der Waals surface area contributed by atoms with Crippen molar-refractivity contribution in [2.45, 2.75) is 30.8 Å². The Kier molecular flexibility index (Phi) is 5.43. The largest absolute Gasteiger partial charge is 0.494 e. The second-order valence-electron chi connectivity index (χ2n) is 4.64. The van der Waals surface area contributed by atoms with Gasteiger partial charge in [0.1, 0.15) is 0 Å². The number of nitrogens with zero attached hydrogens (tertiary/aromatic N) is 2. The first-order valence-corrected chi connectivity index (χ1v) is 7.79. The molecule has 0 amide bonds. The van der Waals surface area contributed by atoms with Gasteiger partial charge in [-0.3, -0.25) is 9.36 Å². The van der Waals surface area contributed by atoms with Gasteiger partial charge in [-0.2, -0.15) is 4.98 Å². The molecule has 1 aromatic heterocycles. The van der Waals surface area contributed by atoms with Crippen LogP contribution in [0, 0.1) is 5.82 Å². The lowest BCUT2D eigenvalue weighted by Gasteiger charge is -2.11. The number of benzene rings is 1. The Morgan fingerprint density at radius 3 is 2.82 bits per heavy atom. The molecule has 1 aromatic carbocycles. The predicted molar refractivity (Wildman–Crippen MR) is 83.0 cm³/mol. The maximum atomic E-state index is 13.7. The van der Waals surface area contributed by atoms with Crippen LogP contribution >= 0.6 is 11.8 Å². The van der Waals surface area contributed by atoms with Gasteiger partial charge in [0.2, 0.25) is 5.88 Å². The van der Waals surface area contributed by atoms with Crippen molar-refractivity contribution in [3.63, 3.8) is 0 Å². The highest BCUT2D eigenvalue weighted by Crippen LogP contribution is 2.25. The fourth-order valence-electron chi connectivity index (χ4n) is 1.96. The Morgan fingerprint density at radius 1 is 1.41 bits per heavy atom. The summed E-state index contributed by atoms with van der Waals surface area (Å²) in [6, 6.07) is 5.78. The summed E-state index contributed by atoms with van der Waals surface area (Å²) in [5.41, 5.74) is 0.446. The fraction of sp³-hybridized carbons (Fsp3) is 0.333. The number of aromatic hydroxyl groups is 1. The van der Waals surface area contributed by atoms with Crippen LogP contribution in [0.5, 0.6) is 11.6 Å². The predicted octanol–water partition coefficient (Wildman–Crippen LogP) is 2.80. The summed E-state index contributed by atoms with van der Waals surface area (Å²) in [6.45, 7) is 2.47. The van der Waals surface area contributed by atoms with E-state index in [1.54, 1.807) is 12.1 Å². The van der Waals surface area contributed by atoms with Crippen molar-refractivity contribution in [3.05, 3.63) is 46.0 Å². The van der Waals surface area contributed by atoms with Crippen molar-refractivity contribution in [2.24, 2.45) is 0 Å². The molecule has 118 valence electrons. The Hall–Kier alpha value is -2.02. The van der Waals surface area contributed by atoms with E-state index < -0.39 is 5.82 Å². The van der Waals surface area contributed by atoms with Crippen LogP contribution in [0.15, 0.2) is 34.2 Å². The minimum absolute atomic E-state index is 0.187. The summed E-state index contributed by atoms with van der Waals surface area (Å²) >= 11 is 1.27. The average molecular weight is 324 g/mol. The van der Waals surface area contributed by atoms with Crippen molar-refractivity contribution in [2.75, 3.05) is 7.11 Å². The molecule has 2 aromatic rings. The molecule has 7 heteroatoms. The zero-order chi connectivity index (χ0) is 16.1. The molecule has 0 fully saturated rings. The number of ether oxygens (including phenoxy) is 1. The van der Waals surface area contributed by atoms with Gasteiger partial charge in [0.25, 0.3) is 5.56 Å². The molecule has 0 aliphatic rings. The van der Waals surface area contributed by atoms with Gasteiger partial charge in [0, 0.05) is 12.3 Å². The lowest BCUT2D eigenvalue weighted by atomic mass is 10.2. The fourth-order valence-corrected chi connectivity index (χ4v) is 2.93. The van der Waals surface area contributed by atoms with Crippen LogP contribution < -0.4 is 10.3 Å². The molecule has 0 atom stereocenters. The minimum atomic E-state index is -0.435. The highest BCUT2D eigenvalue weighted by Gasteiger charge is 2.10. The maximum Gasteiger partial charge on any atom is 0.257 e. The van der Waals surface area contributed by atoms with E-state index in [0.717, 1.165) is 18.1 Å². The SMILES string of the molecule is CCCn1c(SCc2ccc(OC)c(F)c2)nc(O)cc1=O. The molecule has 22 heavy (non-hydrogen) atoms. The lowest BCUT2D eigenvalue weighted by Crippen LogP contribution is -2.21. The molecule has 0 aliphatic carbocycles. The highest BCUT2D eigenvalue weighted by molar-refractivity contribution is 7.98. The molecule has 5 nitrogen and oxygen atoms in total. The van der Waals surface area contributed by atoms with Crippen LogP contribution in [0.1, 0.15) is 18.9 Å². The highest BCUT2D eigenvalue weighted by atomic mass is 32.2. The number of hydrogen-bond donors (Lipinski definition) is 1. The molecule has 0 aliphatic heterocycles. The van der Waals surface area contributed by atoms with Gasteiger partial charge in [-0.05, 0) is 24.1 Å². The van der Waals surface area contributed by atoms with Crippen molar-refractivity contribution in [1.29, 1.82) is 0 Å². The smallest absolute Gasteiger partial charge is 0.257 e. The molecule has 2 rings (SSSR count). The van der Waals surface area contributed by atoms with Gasteiger partial charge in [-0.25, -0.2) is 4.39 Å². The molecular formula is C15H17FN2O3S. The second-order valence-corrected chi connectivity index (χ2v) is 5.59. The van der Waals surface area contributed by atoms with Crippen LogP contribution in [0.2, 0.25) is 0 Å². The second kappa shape index (κ2) is 7.31. The molecule has 0 unspecified atom stereocenters. The van der Waals surface area contributed by atoms with Crippen molar-refractivity contribution < 1.29 is 14.2 Å². The zero-order valence-electron chi connectivity index (χ0n) is 12.4. The van der Waals surface area contributed by atoms with Gasteiger partial charge in [0.15, 0.2) is 16.7 Å². The van der Waals surface area contributed by atoms with Crippen LogP contribution in [-0.2, 0) is 12.3 Å². The maximum absolute atomic E-state index is 13.7. The van der Waals surface area contributed by atoms with Crippen LogP contribution in [0.4, 0.5) is 4.39 Å². The van der Waals surface area contributed by atoms with E-state index in [-0.39, 0.29) is 17.2 Å². The van der Waals surface area contributed by atoms with Crippen molar-refractivity contribution in [3.8, 4) is 11.6 Å². The summed E-state index contributed by atoms with van der Waals surface area (Å²) in [5.74, 6) is -0.121. The molecule has 0 spiro atoms. The summed E-state index contributed by atoms with van der Waals surface area (Å²) in [5, 5.41) is 9.90. The van der Waals surface area contributed by atoms with Gasteiger partial charge in [-0.15, -0.1) is 0 Å². The molecule has 0 radical (unpaired) electrons. The Bertz CT molecular complexity index is 718. The molecule has 1 N–H and O–H groups in total. The van der Waals surface area contributed by atoms with E-state index in [2.05, 4.69) is 4.98 Å². The Morgan fingerprint density at radius 2 is 2.18 bits per heavy atom. The van der Waals surface area contributed by atoms with Crippen LogP contribution in [-0.4, -0.2) is 21.8 Å². The Labute approximate surface area is 131 Å². The summed E-state index contributed by atoms with van der Waals surface area (Å²) in [7, 11) is 1.41. The van der Waals surface area contributed by atoms with Gasteiger partial charge >= 0.3 is 0 Å². The summed E-state index contributed by atoms with van der Waals surface area (Å²) < 4.78 is 20.0. The van der Waals surface area contributed by atoms with Gasteiger partial charge in [0.05, 0.1) is 13.2 Å². The molecular weight excluding hydrogens is 307 g/mol. The summed E-state index contributed by atoms with van der Waals surface area (Å²) in [6.07, 6.45) is 0.775. The number of hydrogen-bond acceptors (Lipinski definition) is 5. The molecule has 0 bridgehead atoms. The standard InChI is InChI=1S/C15H17FN2O3S/c1-3-6-18-14(20)8-13(19)17-15(18)22-9-10-4-5-12(21-2)11(16)7-10/h4-5,7-8,19H,3,6,9H2,1-2H3. The van der Waals surface area contributed by atoms with Crippen LogP contribution in [0.3, 0.4) is 0 Å². The number of rotatable bonds is 6. The molecule has 0 saturated heterocycles. The first kappa shape index (κ1) is 16.4. The first-order chi connectivity index (χ1) is 10.5. The van der Waals surface area contributed by atoms with Gasteiger partial charge < -0.3 is 9.84 Å². The third kappa shape index (κ3) is 3.79. The average Bonchev–Trinajstić information content (AvgIpc) is 2.48. The van der Waals surface area contributed by atoms with Crippen molar-refractivity contribution >= 4 is 11.8 Å². The van der Waals surface area contributed by atoms with Gasteiger partial charge in [-0.1, -0.05) is 24.8 Å². The third-order valence-corrected chi connectivity index (χ3v) is 4.04. The zero-order valence-corrected chi connectivity index (χ0v) is 13.2. The number of methoxy groups -OCH3 is 1. The first-order valence-electron chi connectivity index (χ1n) is 6.81. The minimum Gasteiger partial charge on any atom is -0.494 e. The van der Waals surface area contributed by atoms with E-state index in [1.807, 2.05) is 6.92 Å². The number of aromatic nitrogens is 2. The summed E-state index contributed by atoms with van der Waals surface area (Å²) in [4.78, 5) is 15.9. The third-order valence-electron chi connectivity index (χ3n) is 2.99. The number of halogens is 1. The van der Waals surface area contributed by atoms with Crippen molar-refractivity contribution in [1.82, 2.24) is 9.55 Å².